The number of halogens is 3. The molecule has 2 aliphatic heterocycles. The maximum atomic E-state index is 13.4. The molecule has 2 aliphatic rings. The van der Waals surface area contributed by atoms with Gasteiger partial charge in [0.25, 0.3) is 0 Å². The second-order valence-corrected chi connectivity index (χ2v) is 6.26. The van der Waals surface area contributed by atoms with Crippen molar-refractivity contribution in [1.82, 2.24) is 10.6 Å². The Morgan fingerprint density at radius 1 is 1.40 bits per heavy atom. The van der Waals surface area contributed by atoms with E-state index in [0.717, 1.165) is 38.2 Å². The number of morpholine rings is 1. The van der Waals surface area contributed by atoms with Crippen molar-refractivity contribution in [3.05, 3.63) is 30.1 Å². The Morgan fingerprint density at radius 2 is 2.24 bits per heavy atom. The van der Waals surface area contributed by atoms with Crippen molar-refractivity contribution >= 4 is 36.4 Å². The van der Waals surface area contributed by atoms with Crippen molar-refractivity contribution in [2.24, 2.45) is 0 Å². The predicted molar refractivity (Wildman–Crippen MR) is 102 cm³/mol. The summed E-state index contributed by atoms with van der Waals surface area (Å²) < 4.78 is 18.7. The smallest absolute Gasteiger partial charge is 0.221 e. The van der Waals surface area contributed by atoms with Gasteiger partial charge in [-0.05, 0) is 31.0 Å². The Hall–Kier alpha value is -1.08. The van der Waals surface area contributed by atoms with Crippen molar-refractivity contribution in [2.45, 2.75) is 31.3 Å². The van der Waals surface area contributed by atoms with E-state index in [1.54, 1.807) is 12.1 Å². The first-order valence-corrected chi connectivity index (χ1v) is 8.32. The zero-order valence-electron chi connectivity index (χ0n) is 14.1. The number of piperidine rings is 1. The van der Waals surface area contributed by atoms with Crippen LogP contribution in [0.25, 0.3) is 0 Å². The van der Waals surface area contributed by atoms with Gasteiger partial charge in [0.05, 0.1) is 13.2 Å². The lowest BCUT2D eigenvalue weighted by Crippen LogP contribution is -2.50. The molecule has 1 aromatic rings. The third-order valence-corrected chi connectivity index (χ3v) is 4.39. The molecule has 0 aliphatic carbocycles. The number of nitrogens with zero attached hydrogens (tertiary/aromatic N) is 1. The van der Waals surface area contributed by atoms with Crippen molar-refractivity contribution < 1.29 is 13.9 Å². The van der Waals surface area contributed by atoms with E-state index in [-0.39, 0.29) is 48.6 Å². The van der Waals surface area contributed by atoms with Crippen LogP contribution in [0.3, 0.4) is 0 Å². The fourth-order valence-corrected chi connectivity index (χ4v) is 3.26. The second kappa shape index (κ2) is 10.8. The number of hydrogen-bond donors (Lipinski definition) is 2. The lowest BCUT2D eigenvalue weighted by atomic mass is 10.0. The number of ether oxygens (including phenoxy) is 1. The summed E-state index contributed by atoms with van der Waals surface area (Å²) in [6, 6.07) is 6.85. The lowest BCUT2D eigenvalue weighted by molar-refractivity contribution is -0.123. The largest absolute Gasteiger partial charge is 0.378 e. The fraction of sp³-hybridized carbons (Fsp3) is 0.588. The molecule has 0 spiro atoms. The van der Waals surface area contributed by atoms with Gasteiger partial charge in [-0.15, -0.1) is 24.8 Å². The molecule has 25 heavy (non-hydrogen) atoms. The lowest BCUT2D eigenvalue weighted by Gasteiger charge is -2.35. The Balaban J connectivity index is 0.00000156. The summed E-state index contributed by atoms with van der Waals surface area (Å²) in [5.41, 5.74) is 0.881. The summed E-state index contributed by atoms with van der Waals surface area (Å²) in [4.78, 5) is 14.3. The molecule has 2 fully saturated rings. The molecule has 0 bridgehead atoms. The van der Waals surface area contributed by atoms with E-state index in [9.17, 15) is 9.18 Å². The molecule has 2 N–H and O–H groups in total. The topological polar surface area (TPSA) is 53.6 Å². The van der Waals surface area contributed by atoms with Crippen molar-refractivity contribution in [3.8, 4) is 0 Å². The van der Waals surface area contributed by atoms with Crippen LogP contribution in [0.2, 0.25) is 0 Å². The van der Waals surface area contributed by atoms with Gasteiger partial charge in [0.1, 0.15) is 5.82 Å². The van der Waals surface area contributed by atoms with Crippen LogP contribution in [0, 0.1) is 5.82 Å². The normalized spacial score (nSPS) is 23.2. The third kappa shape index (κ3) is 6.62. The summed E-state index contributed by atoms with van der Waals surface area (Å²) in [5, 5.41) is 6.40. The molecule has 2 heterocycles. The number of benzene rings is 1. The molecular weight excluding hydrogens is 368 g/mol. The summed E-state index contributed by atoms with van der Waals surface area (Å²) >= 11 is 0. The summed E-state index contributed by atoms with van der Waals surface area (Å²) in [6.07, 6.45) is 2.40. The van der Waals surface area contributed by atoms with Gasteiger partial charge in [-0.1, -0.05) is 6.07 Å². The van der Waals surface area contributed by atoms with Crippen LogP contribution in [0.1, 0.15) is 19.3 Å². The van der Waals surface area contributed by atoms with Crippen LogP contribution in [0.4, 0.5) is 10.1 Å². The molecule has 1 amide bonds. The van der Waals surface area contributed by atoms with E-state index in [4.69, 9.17) is 4.74 Å². The zero-order chi connectivity index (χ0) is 16.1. The molecule has 1 aromatic carbocycles. The van der Waals surface area contributed by atoms with Crippen molar-refractivity contribution in [3.63, 3.8) is 0 Å². The van der Waals surface area contributed by atoms with Gasteiger partial charge < -0.3 is 20.3 Å². The number of hydrogen-bond acceptors (Lipinski definition) is 4. The quantitative estimate of drug-likeness (QED) is 0.822. The molecule has 0 radical (unpaired) electrons. The average Bonchev–Trinajstić information content (AvgIpc) is 2.56. The minimum atomic E-state index is -0.225. The molecule has 2 saturated heterocycles. The highest BCUT2D eigenvalue weighted by Gasteiger charge is 2.23. The molecule has 3 rings (SSSR count). The van der Waals surface area contributed by atoms with Crippen molar-refractivity contribution in [1.29, 1.82) is 0 Å². The highest BCUT2D eigenvalue weighted by Crippen LogP contribution is 2.20. The monoisotopic (exact) mass is 393 g/mol. The van der Waals surface area contributed by atoms with Gasteiger partial charge >= 0.3 is 0 Å². The van der Waals surface area contributed by atoms with E-state index in [1.165, 1.54) is 6.07 Å². The molecule has 2 atom stereocenters. The molecule has 5 nitrogen and oxygen atoms in total. The van der Waals surface area contributed by atoms with Crippen molar-refractivity contribution in [2.75, 3.05) is 37.7 Å². The molecule has 2 unspecified atom stereocenters. The van der Waals surface area contributed by atoms with Gasteiger partial charge in [0.2, 0.25) is 5.91 Å². The van der Waals surface area contributed by atoms with E-state index in [1.807, 2.05) is 6.07 Å². The van der Waals surface area contributed by atoms with E-state index < -0.39 is 0 Å². The highest BCUT2D eigenvalue weighted by molar-refractivity contribution is 5.85. The molecular formula is C17H26Cl2FN3O2. The number of nitrogens with one attached hydrogen (secondary N) is 2. The fourth-order valence-electron chi connectivity index (χ4n) is 3.26. The number of carbonyl (C=O) groups is 1. The summed E-state index contributed by atoms with van der Waals surface area (Å²) in [6.45, 7) is 3.73. The minimum absolute atomic E-state index is 0. The zero-order valence-corrected chi connectivity index (χ0v) is 15.7. The van der Waals surface area contributed by atoms with Crippen LogP contribution in [-0.2, 0) is 9.53 Å². The maximum Gasteiger partial charge on any atom is 0.221 e. The van der Waals surface area contributed by atoms with Gasteiger partial charge in [0.15, 0.2) is 0 Å². The third-order valence-electron chi connectivity index (χ3n) is 4.39. The van der Waals surface area contributed by atoms with Gasteiger partial charge in [-0.3, -0.25) is 4.79 Å². The van der Waals surface area contributed by atoms with Gasteiger partial charge in [-0.25, -0.2) is 4.39 Å². The van der Waals surface area contributed by atoms with E-state index >= 15 is 0 Å². The highest BCUT2D eigenvalue weighted by atomic mass is 35.5. The molecule has 0 saturated carbocycles. The van der Waals surface area contributed by atoms with E-state index in [2.05, 4.69) is 15.5 Å². The maximum absolute atomic E-state index is 13.4. The van der Waals surface area contributed by atoms with Crippen LogP contribution < -0.4 is 15.5 Å². The first kappa shape index (κ1) is 22.0. The Bertz CT molecular complexity index is 544. The summed E-state index contributed by atoms with van der Waals surface area (Å²) in [7, 11) is 0. The van der Waals surface area contributed by atoms with Gasteiger partial charge in [0, 0.05) is 43.8 Å². The van der Waals surface area contributed by atoms with Crippen LogP contribution >= 0.6 is 24.8 Å². The number of rotatable bonds is 4. The van der Waals surface area contributed by atoms with Gasteiger partial charge in [-0.2, -0.15) is 0 Å². The second-order valence-electron chi connectivity index (χ2n) is 6.26. The Morgan fingerprint density at radius 3 is 2.96 bits per heavy atom. The first-order valence-electron chi connectivity index (χ1n) is 8.32. The van der Waals surface area contributed by atoms with Crippen LogP contribution in [0.5, 0.6) is 0 Å². The van der Waals surface area contributed by atoms with Crippen LogP contribution in [-0.4, -0.2) is 50.8 Å². The summed E-state index contributed by atoms with van der Waals surface area (Å²) in [5.74, 6) is -0.170. The number of anilines is 1. The number of carbonyl (C=O) groups excluding carboxylic acids is 1. The number of amides is 1. The minimum Gasteiger partial charge on any atom is -0.378 e. The van der Waals surface area contributed by atoms with Crippen LogP contribution in [0.15, 0.2) is 24.3 Å². The molecule has 8 heteroatoms. The Labute approximate surface area is 160 Å². The SMILES string of the molecule is Cl.Cl.O=C(CC1COCCN1)NC1CCCN(c2cccc(F)c2)C1. The van der Waals surface area contributed by atoms with E-state index in [0.29, 0.717) is 19.6 Å². The standard InChI is InChI=1S/C17H24FN3O2.2ClH/c18-13-3-1-5-16(9-13)21-7-2-4-14(11-21)20-17(22)10-15-12-23-8-6-19-15;;/h1,3,5,9,14-15,19H,2,4,6-8,10-12H2,(H,20,22);2*1H. The predicted octanol–water partition coefficient (Wildman–Crippen LogP) is 2.13. The Kier molecular flexibility index (Phi) is 9.50. The molecule has 0 aromatic heterocycles. The average molecular weight is 394 g/mol. The first-order chi connectivity index (χ1) is 11.2. The molecule has 142 valence electrons.